The van der Waals surface area contributed by atoms with Crippen LogP contribution in [0.4, 0.5) is 4.39 Å². The zero-order chi connectivity index (χ0) is 9.42. The molecule has 2 aromatic rings. The van der Waals surface area contributed by atoms with Crippen LogP contribution < -0.4 is 0 Å². The second-order valence-corrected chi connectivity index (χ2v) is 4.00. The molecule has 1 nitrogen and oxygen atoms in total. The first-order valence-electron chi connectivity index (χ1n) is 3.68. The van der Waals surface area contributed by atoms with Gasteiger partial charge in [-0.3, -0.25) is 0 Å². The molecule has 1 heterocycles. The van der Waals surface area contributed by atoms with Gasteiger partial charge in [0, 0.05) is 10.1 Å². The SMILES string of the molecule is OCc1csc2cc(F)cc(Cl)c12. The first kappa shape index (κ1) is 8.94. The molecule has 1 N–H and O–H groups in total. The van der Waals surface area contributed by atoms with Crippen LogP contribution >= 0.6 is 22.9 Å². The molecule has 0 fully saturated rings. The summed E-state index contributed by atoms with van der Waals surface area (Å²) in [6.07, 6.45) is 0. The molecule has 0 atom stereocenters. The normalized spacial score (nSPS) is 11.0. The smallest absolute Gasteiger partial charge is 0.126 e. The fraction of sp³-hybridized carbons (Fsp3) is 0.111. The summed E-state index contributed by atoms with van der Waals surface area (Å²) in [5, 5.41) is 11.9. The second-order valence-electron chi connectivity index (χ2n) is 2.68. The van der Waals surface area contributed by atoms with Crippen molar-refractivity contribution < 1.29 is 9.50 Å². The zero-order valence-electron chi connectivity index (χ0n) is 6.55. The number of benzene rings is 1. The van der Waals surface area contributed by atoms with Gasteiger partial charge in [-0.15, -0.1) is 11.3 Å². The lowest BCUT2D eigenvalue weighted by Gasteiger charge is -1.97. The van der Waals surface area contributed by atoms with Crippen molar-refractivity contribution in [2.75, 3.05) is 0 Å². The maximum atomic E-state index is 12.9. The van der Waals surface area contributed by atoms with Crippen LogP contribution in [0.2, 0.25) is 5.02 Å². The van der Waals surface area contributed by atoms with Gasteiger partial charge in [-0.1, -0.05) is 11.6 Å². The Morgan fingerprint density at radius 3 is 2.92 bits per heavy atom. The summed E-state index contributed by atoms with van der Waals surface area (Å²) in [6.45, 7) is -0.0641. The van der Waals surface area contributed by atoms with Gasteiger partial charge < -0.3 is 5.11 Å². The van der Waals surface area contributed by atoms with E-state index in [1.165, 1.54) is 23.5 Å². The van der Waals surface area contributed by atoms with Gasteiger partial charge in [0.2, 0.25) is 0 Å². The predicted molar refractivity (Wildman–Crippen MR) is 52.7 cm³/mol. The number of aliphatic hydroxyl groups is 1. The van der Waals surface area contributed by atoms with Crippen molar-refractivity contribution in [3.63, 3.8) is 0 Å². The van der Waals surface area contributed by atoms with Crippen LogP contribution in [0, 0.1) is 5.82 Å². The van der Waals surface area contributed by atoms with E-state index in [4.69, 9.17) is 16.7 Å². The molecule has 0 spiro atoms. The summed E-state index contributed by atoms with van der Waals surface area (Å²) in [7, 11) is 0. The third kappa shape index (κ3) is 1.43. The Morgan fingerprint density at radius 2 is 2.23 bits per heavy atom. The van der Waals surface area contributed by atoms with Crippen molar-refractivity contribution in [3.8, 4) is 0 Å². The number of aliphatic hydroxyl groups excluding tert-OH is 1. The molecule has 0 aliphatic carbocycles. The number of halogens is 2. The van der Waals surface area contributed by atoms with E-state index >= 15 is 0 Å². The average Bonchev–Trinajstić information content (AvgIpc) is 2.47. The summed E-state index contributed by atoms with van der Waals surface area (Å²) < 4.78 is 13.6. The van der Waals surface area contributed by atoms with Crippen LogP contribution in [0.5, 0.6) is 0 Å². The molecule has 13 heavy (non-hydrogen) atoms. The van der Waals surface area contributed by atoms with Crippen molar-refractivity contribution >= 4 is 33.0 Å². The molecule has 0 amide bonds. The minimum Gasteiger partial charge on any atom is -0.392 e. The van der Waals surface area contributed by atoms with Crippen LogP contribution in [0.1, 0.15) is 5.56 Å². The molecule has 0 saturated carbocycles. The maximum absolute atomic E-state index is 12.9. The Balaban J connectivity index is 2.82. The predicted octanol–water partition coefficient (Wildman–Crippen LogP) is 3.19. The highest BCUT2D eigenvalue weighted by Gasteiger charge is 2.08. The van der Waals surface area contributed by atoms with E-state index in [2.05, 4.69) is 0 Å². The van der Waals surface area contributed by atoms with Gasteiger partial charge >= 0.3 is 0 Å². The lowest BCUT2D eigenvalue weighted by atomic mass is 10.2. The largest absolute Gasteiger partial charge is 0.392 e. The van der Waals surface area contributed by atoms with Gasteiger partial charge in [0.15, 0.2) is 0 Å². The summed E-state index contributed by atoms with van der Waals surface area (Å²) in [4.78, 5) is 0. The van der Waals surface area contributed by atoms with E-state index in [9.17, 15) is 4.39 Å². The van der Waals surface area contributed by atoms with E-state index in [0.717, 1.165) is 15.6 Å². The van der Waals surface area contributed by atoms with Crippen LogP contribution in [-0.4, -0.2) is 5.11 Å². The van der Waals surface area contributed by atoms with Crippen molar-refractivity contribution in [1.29, 1.82) is 0 Å². The average molecular weight is 217 g/mol. The molecule has 4 heteroatoms. The zero-order valence-corrected chi connectivity index (χ0v) is 8.12. The highest BCUT2D eigenvalue weighted by Crippen LogP contribution is 2.32. The lowest BCUT2D eigenvalue weighted by molar-refractivity contribution is 0.284. The molecule has 2 rings (SSSR count). The summed E-state index contributed by atoms with van der Waals surface area (Å²) in [5.41, 5.74) is 0.755. The third-order valence-electron chi connectivity index (χ3n) is 1.84. The van der Waals surface area contributed by atoms with Gasteiger partial charge in [-0.05, 0) is 23.1 Å². The molecule has 0 bridgehead atoms. The monoisotopic (exact) mass is 216 g/mol. The van der Waals surface area contributed by atoms with Crippen LogP contribution in [0.3, 0.4) is 0 Å². The molecule has 68 valence electrons. The Morgan fingerprint density at radius 1 is 1.46 bits per heavy atom. The minimum atomic E-state index is -0.344. The van der Waals surface area contributed by atoms with E-state index in [-0.39, 0.29) is 12.4 Å². The summed E-state index contributed by atoms with van der Waals surface area (Å²) in [6, 6.07) is 2.68. The number of thiophene rings is 1. The van der Waals surface area contributed by atoms with Crippen molar-refractivity contribution in [2.24, 2.45) is 0 Å². The van der Waals surface area contributed by atoms with Crippen molar-refractivity contribution in [2.45, 2.75) is 6.61 Å². The second kappa shape index (κ2) is 3.25. The first-order valence-corrected chi connectivity index (χ1v) is 4.94. The number of fused-ring (bicyclic) bond motifs is 1. The Labute approximate surface area is 83.4 Å². The standard InChI is InChI=1S/C9H6ClFOS/c10-7-1-6(11)2-8-9(7)5(3-12)4-13-8/h1-2,4,12H,3H2. The fourth-order valence-corrected chi connectivity index (χ4v) is 2.65. The quantitative estimate of drug-likeness (QED) is 0.776. The van der Waals surface area contributed by atoms with Gasteiger partial charge in [0.25, 0.3) is 0 Å². The number of hydrogen-bond acceptors (Lipinski definition) is 2. The van der Waals surface area contributed by atoms with E-state index in [0.29, 0.717) is 5.02 Å². The van der Waals surface area contributed by atoms with Crippen molar-refractivity contribution in [1.82, 2.24) is 0 Å². The first-order chi connectivity index (χ1) is 6.22. The minimum absolute atomic E-state index is 0.0641. The van der Waals surface area contributed by atoms with Crippen LogP contribution in [-0.2, 0) is 6.61 Å². The Hall–Kier alpha value is -0.640. The van der Waals surface area contributed by atoms with Crippen LogP contribution in [0.15, 0.2) is 17.5 Å². The van der Waals surface area contributed by atoms with E-state index in [1.54, 1.807) is 5.38 Å². The molecule has 1 aromatic heterocycles. The molecule has 0 aliphatic rings. The van der Waals surface area contributed by atoms with Gasteiger partial charge in [-0.25, -0.2) is 4.39 Å². The third-order valence-corrected chi connectivity index (χ3v) is 3.11. The molecule has 0 saturated heterocycles. The highest BCUT2D eigenvalue weighted by atomic mass is 35.5. The van der Waals surface area contributed by atoms with E-state index < -0.39 is 0 Å². The van der Waals surface area contributed by atoms with Gasteiger partial charge in [0.05, 0.1) is 11.6 Å². The highest BCUT2D eigenvalue weighted by molar-refractivity contribution is 7.17. The van der Waals surface area contributed by atoms with Gasteiger partial charge in [-0.2, -0.15) is 0 Å². The molecular weight excluding hydrogens is 211 g/mol. The van der Waals surface area contributed by atoms with Gasteiger partial charge in [0.1, 0.15) is 5.82 Å². The molecule has 0 unspecified atom stereocenters. The molecule has 0 radical (unpaired) electrons. The summed E-state index contributed by atoms with van der Waals surface area (Å²) >= 11 is 7.23. The fourth-order valence-electron chi connectivity index (χ4n) is 1.26. The topological polar surface area (TPSA) is 20.2 Å². The number of rotatable bonds is 1. The van der Waals surface area contributed by atoms with Crippen molar-refractivity contribution in [3.05, 3.63) is 33.9 Å². The molecular formula is C9H6ClFOS. The maximum Gasteiger partial charge on any atom is 0.126 e. The Kier molecular flexibility index (Phi) is 2.24. The summed E-state index contributed by atoms with van der Waals surface area (Å²) in [5.74, 6) is -0.344. The van der Waals surface area contributed by atoms with Crippen LogP contribution in [0.25, 0.3) is 10.1 Å². The molecule has 1 aromatic carbocycles. The van der Waals surface area contributed by atoms with E-state index in [1.807, 2.05) is 0 Å². The lowest BCUT2D eigenvalue weighted by Crippen LogP contribution is -1.81. The Bertz CT molecular complexity index is 452. The molecule has 0 aliphatic heterocycles. The number of hydrogen-bond donors (Lipinski definition) is 1.